The molecule has 29 heavy (non-hydrogen) atoms. The topological polar surface area (TPSA) is 66.5 Å². The monoisotopic (exact) mass is 404 g/mol. The predicted octanol–water partition coefficient (Wildman–Crippen LogP) is 4.35. The molecule has 8 heteroatoms. The Labute approximate surface area is 165 Å². The van der Waals surface area contributed by atoms with E-state index in [-0.39, 0.29) is 23.5 Å². The molecular weight excluding hydrogens is 385 g/mol. The highest BCUT2D eigenvalue weighted by Crippen LogP contribution is 2.35. The summed E-state index contributed by atoms with van der Waals surface area (Å²) in [4.78, 5) is 39.3. The largest absolute Gasteiger partial charge is 0.418 e. The molecule has 0 aromatic heterocycles. The maximum Gasteiger partial charge on any atom is 0.418 e. The molecule has 0 aliphatic carbocycles. The third-order valence-electron chi connectivity index (χ3n) is 4.62. The smallest absolute Gasteiger partial charge is 0.324 e. The summed E-state index contributed by atoms with van der Waals surface area (Å²) in [6.45, 7) is 3.59. The van der Waals surface area contributed by atoms with E-state index in [9.17, 15) is 27.6 Å². The van der Waals surface area contributed by atoms with Crippen LogP contribution >= 0.6 is 0 Å². The minimum absolute atomic E-state index is 0.0899. The van der Waals surface area contributed by atoms with Crippen LogP contribution in [0, 0.1) is 5.92 Å². The number of rotatable bonds is 5. The Kier molecular flexibility index (Phi) is 5.46. The number of alkyl halides is 3. The van der Waals surface area contributed by atoms with Crippen molar-refractivity contribution in [2.75, 3.05) is 5.32 Å². The highest BCUT2D eigenvalue weighted by molar-refractivity contribution is 6.23. The van der Waals surface area contributed by atoms with E-state index in [0.29, 0.717) is 0 Å². The lowest BCUT2D eigenvalue weighted by Crippen LogP contribution is -2.48. The lowest BCUT2D eigenvalue weighted by molar-refractivity contribution is -0.137. The molecule has 0 radical (unpaired) electrons. The van der Waals surface area contributed by atoms with E-state index >= 15 is 0 Å². The first-order valence-electron chi connectivity index (χ1n) is 9.05. The van der Waals surface area contributed by atoms with Gasteiger partial charge in [-0.2, -0.15) is 13.2 Å². The van der Waals surface area contributed by atoms with Gasteiger partial charge in [0.15, 0.2) is 0 Å². The molecule has 0 saturated carbocycles. The van der Waals surface area contributed by atoms with Gasteiger partial charge in [0.25, 0.3) is 11.8 Å². The summed E-state index contributed by atoms with van der Waals surface area (Å²) in [6, 6.07) is 9.51. The Bertz CT molecular complexity index is 935. The lowest BCUT2D eigenvalue weighted by atomic mass is 10.0. The number of nitrogens with zero attached hydrogens (tertiary/aromatic N) is 1. The maximum absolute atomic E-state index is 13.2. The van der Waals surface area contributed by atoms with Crippen molar-refractivity contribution in [3.05, 3.63) is 65.2 Å². The van der Waals surface area contributed by atoms with Crippen molar-refractivity contribution < 1.29 is 27.6 Å². The van der Waals surface area contributed by atoms with Gasteiger partial charge < -0.3 is 5.32 Å². The Morgan fingerprint density at radius 3 is 2.00 bits per heavy atom. The molecule has 5 nitrogen and oxygen atoms in total. The van der Waals surface area contributed by atoms with E-state index in [0.717, 1.165) is 17.0 Å². The van der Waals surface area contributed by atoms with Crippen LogP contribution in [0.5, 0.6) is 0 Å². The fraction of sp³-hybridized carbons (Fsp3) is 0.286. The molecule has 1 heterocycles. The molecule has 2 aromatic rings. The average molecular weight is 404 g/mol. The number of benzene rings is 2. The average Bonchev–Trinajstić information content (AvgIpc) is 2.90. The van der Waals surface area contributed by atoms with Crippen LogP contribution in [0.25, 0.3) is 0 Å². The van der Waals surface area contributed by atoms with Gasteiger partial charge in [0, 0.05) is 0 Å². The SMILES string of the molecule is CC(C)CC(C(=O)Nc1ccccc1C(F)(F)F)N1C(=O)c2ccccc2C1=O. The molecule has 0 spiro atoms. The number of fused-ring (bicyclic) bond motifs is 1. The van der Waals surface area contributed by atoms with Crippen molar-refractivity contribution in [2.24, 2.45) is 5.92 Å². The van der Waals surface area contributed by atoms with Crippen LogP contribution in [0.2, 0.25) is 0 Å². The molecular formula is C21H19F3N2O3. The standard InChI is InChI=1S/C21H19F3N2O3/c1-12(2)11-17(26-19(28)13-7-3-4-8-14(13)20(26)29)18(27)25-16-10-6-5-9-15(16)21(22,23)24/h3-10,12,17H,11H2,1-2H3,(H,25,27). The van der Waals surface area contributed by atoms with Crippen molar-refractivity contribution >= 4 is 23.4 Å². The molecule has 0 saturated heterocycles. The number of carbonyl (C=O) groups excluding carboxylic acids is 3. The number of anilines is 1. The number of carbonyl (C=O) groups is 3. The van der Waals surface area contributed by atoms with Crippen LogP contribution in [0.4, 0.5) is 18.9 Å². The van der Waals surface area contributed by atoms with Crippen LogP contribution < -0.4 is 5.32 Å². The van der Waals surface area contributed by atoms with Crippen molar-refractivity contribution in [2.45, 2.75) is 32.5 Å². The molecule has 1 N–H and O–H groups in total. The van der Waals surface area contributed by atoms with Gasteiger partial charge in [0.2, 0.25) is 5.91 Å². The van der Waals surface area contributed by atoms with Crippen molar-refractivity contribution in [3.63, 3.8) is 0 Å². The first-order chi connectivity index (χ1) is 13.6. The van der Waals surface area contributed by atoms with Gasteiger partial charge in [0.05, 0.1) is 22.4 Å². The van der Waals surface area contributed by atoms with Crippen LogP contribution in [0.1, 0.15) is 46.5 Å². The molecule has 0 bridgehead atoms. The highest BCUT2D eigenvalue weighted by atomic mass is 19.4. The normalized spacial score (nSPS) is 14.9. The molecule has 0 fully saturated rings. The zero-order valence-electron chi connectivity index (χ0n) is 15.8. The number of amides is 3. The maximum atomic E-state index is 13.2. The first-order valence-corrected chi connectivity index (χ1v) is 9.05. The fourth-order valence-electron chi connectivity index (χ4n) is 3.32. The summed E-state index contributed by atoms with van der Waals surface area (Å²) in [5.74, 6) is -2.19. The van der Waals surface area contributed by atoms with Gasteiger partial charge in [-0.3, -0.25) is 19.3 Å². The van der Waals surface area contributed by atoms with E-state index in [1.54, 1.807) is 26.0 Å². The van der Waals surface area contributed by atoms with E-state index in [4.69, 9.17) is 0 Å². The second-order valence-corrected chi connectivity index (χ2v) is 7.20. The van der Waals surface area contributed by atoms with Crippen LogP contribution in [-0.2, 0) is 11.0 Å². The number of nitrogens with one attached hydrogen (secondary N) is 1. The third-order valence-corrected chi connectivity index (χ3v) is 4.62. The van der Waals surface area contributed by atoms with Crippen molar-refractivity contribution in [1.82, 2.24) is 4.90 Å². The van der Waals surface area contributed by atoms with Gasteiger partial charge >= 0.3 is 6.18 Å². The summed E-state index contributed by atoms with van der Waals surface area (Å²) in [5, 5.41) is 2.26. The molecule has 1 atom stereocenters. The molecule has 3 amide bonds. The minimum Gasteiger partial charge on any atom is -0.324 e. The molecule has 1 unspecified atom stereocenters. The third kappa shape index (κ3) is 4.01. The Morgan fingerprint density at radius 1 is 0.966 bits per heavy atom. The van der Waals surface area contributed by atoms with Crippen LogP contribution in [0.15, 0.2) is 48.5 Å². The Balaban J connectivity index is 1.94. The van der Waals surface area contributed by atoms with Crippen molar-refractivity contribution in [3.8, 4) is 0 Å². The summed E-state index contributed by atoms with van der Waals surface area (Å²) in [6.07, 6.45) is -4.54. The molecule has 3 rings (SSSR count). The van der Waals surface area contributed by atoms with Crippen LogP contribution in [0.3, 0.4) is 0 Å². The predicted molar refractivity (Wildman–Crippen MR) is 100 cm³/mol. The molecule has 2 aromatic carbocycles. The minimum atomic E-state index is -4.66. The number of hydrogen-bond acceptors (Lipinski definition) is 3. The molecule has 1 aliphatic rings. The van der Waals surface area contributed by atoms with E-state index in [1.807, 2.05) is 0 Å². The number of halogens is 3. The van der Waals surface area contributed by atoms with Gasteiger partial charge in [-0.05, 0) is 36.6 Å². The van der Waals surface area contributed by atoms with Crippen LogP contribution in [-0.4, -0.2) is 28.7 Å². The first kappa shape index (κ1) is 20.6. The summed E-state index contributed by atoms with van der Waals surface area (Å²) in [5.41, 5.74) is -1.07. The zero-order chi connectivity index (χ0) is 21.3. The van der Waals surface area contributed by atoms with Crippen molar-refractivity contribution in [1.29, 1.82) is 0 Å². The Hall–Kier alpha value is -3.16. The molecule has 1 aliphatic heterocycles. The fourth-order valence-corrected chi connectivity index (χ4v) is 3.32. The molecule has 152 valence electrons. The van der Waals surface area contributed by atoms with Gasteiger partial charge in [-0.25, -0.2) is 0 Å². The van der Waals surface area contributed by atoms with E-state index in [2.05, 4.69) is 5.32 Å². The summed E-state index contributed by atoms with van der Waals surface area (Å²) < 4.78 is 39.7. The van der Waals surface area contributed by atoms with Gasteiger partial charge in [-0.15, -0.1) is 0 Å². The van der Waals surface area contributed by atoms with Gasteiger partial charge in [0.1, 0.15) is 6.04 Å². The summed E-state index contributed by atoms with van der Waals surface area (Å²) in [7, 11) is 0. The lowest BCUT2D eigenvalue weighted by Gasteiger charge is -2.27. The highest BCUT2D eigenvalue weighted by Gasteiger charge is 2.43. The quantitative estimate of drug-likeness (QED) is 0.754. The number of para-hydroxylation sites is 1. The second-order valence-electron chi connectivity index (χ2n) is 7.20. The number of hydrogen-bond donors (Lipinski definition) is 1. The van der Waals surface area contributed by atoms with E-state index < -0.39 is 41.2 Å². The zero-order valence-corrected chi connectivity index (χ0v) is 15.8. The van der Waals surface area contributed by atoms with E-state index in [1.165, 1.54) is 24.3 Å². The Morgan fingerprint density at radius 2 is 1.48 bits per heavy atom. The summed E-state index contributed by atoms with van der Waals surface area (Å²) >= 11 is 0. The second kappa shape index (κ2) is 7.69. The van der Waals surface area contributed by atoms with Gasteiger partial charge in [-0.1, -0.05) is 38.1 Å². The number of imide groups is 1.